The van der Waals surface area contributed by atoms with Gasteiger partial charge in [0.05, 0.1) is 6.61 Å². The number of carbonyl (C=O) groups excluding carboxylic acids is 3. The highest BCUT2D eigenvalue weighted by molar-refractivity contribution is 5.86. The Morgan fingerprint density at radius 1 is 1.04 bits per heavy atom. The molecule has 0 bridgehead atoms. The lowest BCUT2D eigenvalue weighted by molar-refractivity contribution is -0.135. The molecule has 8 nitrogen and oxygen atoms in total. The van der Waals surface area contributed by atoms with E-state index >= 15 is 0 Å². The molecule has 0 radical (unpaired) electrons. The summed E-state index contributed by atoms with van der Waals surface area (Å²) in [6.45, 7) is 13.5. The highest BCUT2D eigenvalue weighted by atomic mass is 16.6. The van der Waals surface area contributed by atoms with E-state index in [2.05, 4.69) is 5.32 Å². The Hall–Kier alpha value is -1.99. The number of nitrogens with one attached hydrogen (secondary N) is 1. The quantitative estimate of drug-likeness (QED) is 0.665. The van der Waals surface area contributed by atoms with Gasteiger partial charge >= 0.3 is 12.2 Å². The van der Waals surface area contributed by atoms with Gasteiger partial charge in [0.1, 0.15) is 11.6 Å². The standard InChI is InChI=1S/C20H37N3O5/c1-7-8-13-27-19(26)23-11-9-22(10-12-23)17(24)16(14-15(2)3)21-18(25)28-20(4,5)6/h15-16H,7-14H2,1-6H3,(H,21,25). The summed E-state index contributed by atoms with van der Waals surface area (Å²) in [6, 6.07) is -0.641. The van der Waals surface area contributed by atoms with Crippen molar-refractivity contribution in [3.63, 3.8) is 0 Å². The summed E-state index contributed by atoms with van der Waals surface area (Å²) in [5, 5.41) is 2.71. The van der Waals surface area contributed by atoms with Crippen LogP contribution in [-0.4, -0.2) is 72.3 Å². The Morgan fingerprint density at radius 2 is 1.61 bits per heavy atom. The second kappa shape index (κ2) is 11.1. The molecule has 1 atom stereocenters. The van der Waals surface area contributed by atoms with Crippen molar-refractivity contribution < 1.29 is 23.9 Å². The Labute approximate surface area is 168 Å². The van der Waals surface area contributed by atoms with E-state index in [1.54, 1.807) is 30.6 Å². The van der Waals surface area contributed by atoms with Crippen molar-refractivity contribution in [1.29, 1.82) is 0 Å². The molecule has 1 heterocycles. The Balaban J connectivity index is 2.60. The van der Waals surface area contributed by atoms with Crippen LogP contribution in [0.3, 0.4) is 0 Å². The highest BCUT2D eigenvalue weighted by Gasteiger charge is 2.31. The number of carbonyl (C=O) groups is 3. The lowest BCUT2D eigenvalue weighted by Gasteiger charge is -2.36. The fourth-order valence-corrected chi connectivity index (χ4v) is 2.87. The van der Waals surface area contributed by atoms with Crippen LogP contribution in [0.2, 0.25) is 0 Å². The fourth-order valence-electron chi connectivity index (χ4n) is 2.87. The van der Waals surface area contributed by atoms with Gasteiger partial charge in [-0.2, -0.15) is 0 Å². The van der Waals surface area contributed by atoms with Gasteiger partial charge < -0.3 is 24.6 Å². The van der Waals surface area contributed by atoms with E-state index in [0.29, 0.717) is 39.2 Å². The smallest absolute Gasteiger partial charge is 0.409 e. The van der Waals surface area contributed by atoms with Gasteiger partial charge in [-0.1, -0.05) is 27.2 Å². The zero-order valence-electron chi connectivity index (χ0n) is 18.2. The molecule has 1 aliphatic rings. The van der Waals surface area contributed by atoms with E-state index in [4.69, 9.17) is 9.47 Å². The van der Waals surface area contributed by atoms with Crippen LogP contribution in [0.15, 0.2) is 0 Å². The van der Waals surface area contributed by atoms with Crippen LogP contribution in [-0.2, 0) is 14.3 Å². The molecule has 0 aliphatic carbocycles. The summed E-state index contributed by atoms with van der Waals surface area (Å²) in [5.41, 5.74) is -0.626. The predicted molar refractivity (Wildman–Crippen MR) is 107 cm³/mol. The molecule has 8 heteroatoms. The molecule has 0 aromatic rings. The molecular formula is C20H37N3O5. The zero-order valence-corrected chi connectivity index (χ0v) is 18.2. The average molecular weight is 400 g/mol. The maximum absolute atomic E-state index is 12.9. The van der Waals surface area contributed by atoms with E-state index < -0.39 is 17.7 Å². The van der Waals surface area contributed by atoms with E-state index in [1.165, 1.54) is 0 Å². The number of amides is 3. The van der Waals surface area contributed by atoms with Crippen LogP contribution in [0.5, 0.6) is 0 Å². The number of hydrogen-bond acceptors (Lipinski definition) is 5. The zero-order chi connectivity index (χ0) is 21.3. The van der Waals surface area contributed by atoms with Gasteiger partial charge in [0, 0.05) is 26.2 Å². The van der Waals surface area contributed by atoms with Crippen molar-refractivity contribution >= 4 is 18.1 Å². The largest absolute Gasteiger partial charge is 0.449 e. The van der Waals surface area contributed by atoms with E-state index in [1.807, 2.05) is 20.8 Å². The van der Waals surface area contributed by atoms with E-state index in [9.17, 15) is 14.4 Å². The van der Waals surface area contributed by atoms with Gasteiger partial charge in [-0.3, -0.25) is 4.79 Å². The van der Waals surface area contributed by atoms with Crippen LogP contribution >= 0.6 is 0 Å². The van der Waals surface area contributed by atoms with Crippen molar-refractivity contribution in [3.8, 4) is 0 Å². The molecule has 0 saturated carbocycles. The average Bonchev–Trinajstić information content (AvgIpc) is 2.58. The third kappa shape index (κ3) is 8.80. The van der Waals surface area contributed by atoms with Crippen LogP contribution in [0.1, 0.15) is 60.8 Å². The van der Waals surface area contributed by atoms with Crippen LogP contribution in [0, 0.1) is 5.92 Å². The van der Waals surface area contributed by atoms with Crippen LogP contribution in [0.25, 0.3) is 0 Å². The van der Waals surface area contributed by atoms with Crippen molar-refractivity contribution in [2.24, 2.45) is 5.92 Å². The number of piperazine rings is 1. The van der Waals surface area contributed by atoms with E-state index in [-0.39, 0.29) is 17.9 Å². The molecule has 1 saturated heterocycles. The number of rotatable bonds is 7. The van der Waals surface area contributed by atoms with Crippen molar-refractivity contribution in [2.45, 2.75) is 72.4 Å². The van der Waals surface area contributed by atoms with Crippen LogP contribution < -0.4 is 5.32 Å². The minimum atomic E-state index is -0.641. The summed E-state index contributed by atoms with van der Waals surface area (Å²) >= 11 is 0. The molecular weight excluding hydrogens is 362 g/mol. The second-order valence-corrected chi connectivity index (χ2v) is 8.61. The van der Waals surface area contributed by atoms with Crippen molar-refractivity contribution in [1.82, 2.24) is 15.1 Å². The number of nitrogens with zero attached hydrogens (tertiary/aromatic N) is 2. The lowest BCUT2D eigenvalue weighted by Crippen LogP contribution is -2.56. The fraction of sp³-hybridized carbons (Fsp3) is 0.850. The number of ether oxygens (including phenoxy) is 2. The van der Waals surface area contributed by atoms with Gasteiger partial charge in [-0.15, -0.1) is 0 Å². The summed E-state index contributed by atoms with van der Waals surface area (Å²) in [7, 11) is 0. The van der Waals surface area contributed by atoms with Crippen molar-refractivity contribution in [3.05, 3.63) is 0 Å². The third-order valence-electron chi connectivity index (χ3n) is 4.27. The minimum absolute atomic E-state index is 0.140. The highest BCUT2D eigenvalue weighted by Crippen LogP contribution is 2.13. The maximum atomic E-state index is 12.9. The first-order valence-corrected chi connectivity index (χ1v) is 10.2. The summed E-state index contributed by atoms with van der Waals surface area (Å²) in [6.07, 6.45) is 1.42. The van der Waals surface area contributed by atoms with Gasteiger partial charge in [0.2, 0.25) is 5.91 Å². The molecule has 1 rings (SSSR count). The predicted octanol–water partition coefficient (Wildman–Crippen LogP) is 3.01. The van der Waals surface area contributed by atoms with Crippen molar-refractivity contribution in [2.75, 3.05) is 32.8 Å². The summed E-state index contributed by atoms with van der Waals surface area (Å²) in [4.78, 5) is 40.4. The Bertz CT molecular complexity index is 522. The molecule has 1 N–H and O–H groups in total. The molecule has 0 aromatic heterocycles. The number of unbranched alkanes of at least 4 members (excludes halogenated alkanes) is 1. The first kappa shape index (κ1) is 24.0. The van der Waals surface area contributed by atoms with Gasteiger partial charge in [0.25, 0.3) is 0 Å². The topological polar surface area (TPSA) is 88.2 Å². The maximum Gasteiger partial charge on any atom is 0.409 e. The van der Waals surface area contributed by atoms with E-state index in [0.717, 1.165) is 12.8 Å². The molecule has 28 heavy (non-hydrogen) atoms. The molecule has 1 unspecified atom stereocenters. The number of alkyl carbamates (subject to hydrolysis) is 1. The Morgan fingerprint density at radius 3 is 2.11 bits per heavy atom. The van der Waals surface area contributed by atoms with Gasteiger partial charge in [0.15, 0.2) is 0 Å². The SMILES string of the molecule is CCCCOC(=O)N1CCN(C(=O)C(CC(C)C)NC(=O)OC(C)(C)C)CC1. The number of hydrogen-bond donors (Lipinski definition) is 1. The summed E-state index contributed by atoms with van der Waals surface area (Å²) in [5.74, 6) is 0.0947. The molecule has 0 spiro atoms. The monoisotopic (exact) mass is 399 g/mol. The lowest BCUT2D eigenvalue weighted by atomic mass is 10.0. The molecule has 3 amide bonds. The minimum Gasteiger partial charge on any atom is -0.449 e. The second-order valence-electron chi connectivity index (χ2n) is 8.61. The van der Waals surface area contributed by atoms with Gasteiger partial charge in [-0.25, -0.2) is 9.59 Å². The normalized spacial score (nSPS) is 16.0. The molecule has 1 fully saturated rings. The van der Waals surface area contributed by atoms with Gasteiger partial charge in [-0.05, 0) is 39.5 Å². The Kier molecular flexibility index (Phi) is 9.55. The third-order valence-corrected chi connectivity index (χ3v) is 4.27. The first-order chi connectivity index (χ1) is 13.0. The first-order valence-electron chi connectivity index (χ1n) is 10.2. The molecule has 0 aromatic carbocycles. The molecule has 1 aliphatic heterocycles. The van der Waals surface area contributed by atoms with Crippen LogP contribution in [0.4, 0.5) is 9.59 Å². The summed E-state index contributed by atoms with van der Waals surface area (Å²) < 4.78 is 10.5. The molecule has 162 valence electrons.